The SMILES string of the molecule is CCCCC(O)C(O)C=CC1=C(CC(O)CO)C(CCCC2NC(C)CCCC2CC(=O)O)NC(C(C)(O)C2(c3ccc(O)cc3)CCCCC2)CC#Cc2ccccc2CC1. The molecule has 1 aliphatic carbocycles. The first-order valence-corrected chi connectivity index (χ1v) is 23.7. The Kier molecular flexibility index (Phi) is 19.1. The molecular weight excluding hydrogens is 781 g/mol. The van der Waals surface area contributed by atoms with Gasteiger partial charge >= 0.3 is 5.97 Å². The van der Waals surface area contributed by atoms with E-state index < -0.39 is 54.0 Å². The Balaban J connectivity index is 1.67. The number of aryl methyl sites for hydroxylation is 1. The van der Waals surface area contributed by atoms with Crippen molar-refractivity contribution in [2.45, 2.75) is 196 Å². The first kappa shape index (κ1) is 49.5. The maximum Gasteiger partial charge on any atom is 0.303 e. The molecule has 2 aromatic carbocycles. The van der Waals surface area contributed by atoms with Crippen molar-refractivity contribution in [3.05, 3.63) is 88.5 Å². The topological polar surface area (TPSA) is 183 Å². The van der Waals surface area contributed by atoms with Crippen LogP contribution in [0.5, 0.6) is 5.75 Å². The zero-order valence-corrected chi connectivity index (χ0v) is 37.6. The maximum atomic E-state index is 13.4. The van der Waals surface area contributed by atoms with Crippen LogP contribution in [0.2, 0.25) is 0 Å². The molecular formula is C52H76N2O8. The average Bonchev–Trinajstić information content (AvgIpc) is 3.43. The van der Waals surface area contributed by atoms with E-state index in [0.29, 0.717) is 38.5 Å². The summed E-state index contributed by atoms with van der Waals surface area (Å²) in [5.41, 5.74) is 2.61. The molecule has 2 aliphatic heterocycles. The third kappa shape index (κ3) is 13.3. The van der Waals surface area contributed by atoms with Gasteiger partial charge in [-0.15, -0.1) is 0 Å². The summed E-state index contributed by atoms with van der Waals surface area (Å²) in [4.78, 5) is 12.0. The second kappa shape index (κ2) is 24.0. The van der Waals surface area contributed by atoms with Crippen LogP contribution in [0.15, 0.2) is 71.8 Å². The van der Waals surface area contributed by atoms with E-state index in [9.17, 15) is 40.5 Å². The van der Waals surface area contributed by atoms with E-state index in [2.05, 4.69) is 35.5 Å². The molecule has 0 aromatic heterocycles. The number of nitrogens with one attached hydrogen (secondary N) is 2. The Morgan fingerprint density at radius 3 is 2.42 bits per heavy atom. The van der Waals surface area contributed by atoms with Crippen molar-refractivity contribution in [3.8, 4) is 17.6 Å². The van der Waals surface area contributed by atoms with Gasteiger partial charge in [0.15, 0.2) is 0 Å². The molecule has 0 amide bonds. The van der Waals surface area contributed by atoms with Crippen LogP contribution >= 0.6 is 0 Å². The molecule has 9 N–H and O–H groups in total. The standard InChI is InChI=1S/C52H76N2O8/c1-4-5-21-47(58)48(59)30-25-39-24-23-38-16-8-7-15-37(38)17-12-22-49(51(3,62)52(31-9-6-10-32-52)41-26-28-42(56)29-27-41)54-46(44(39)34-43(57)35-55)20-13-19-45-40(33-50(60)61)18-11-14-36(2)53-45/h7-8,15-16,25-30,36,40,43,45-49,53-59,62H,4-6,9-11,13-14,18-24,31-35H2,1-3H3,(H,60,61). The Morgan fingerprint density at radius 1 is 0.968 bits per heavy atom. The number of aliphatic hydroxyl groups excluding tert-OH is 4. The lowest BCUT2D eigenvalue weighted by Crippen LogP contribution is -2.63. The highest BCUT2D eigenvalue weighted by Gasteiger charge is 2.53. The van der Waals surface area contributed by atoms with Crippen LogP contribution < -0.4 is 10.6 Å². The second-order valence-corrected chi connectivity index (χ2v) is 18.8. The van der Waals surface area contributed by atoms with Gasteiger partial charge in [0.25, 0.3) is 0 Å². The molecule has 2 aromatic rings. The monoisotopic (exact) mass is 857 g/mol. The van der Waals surface area contributed by atoms with E-state index in [-0.39, 0.29) is 36.6 Å². The van der Waals surface area contributed by atoms with Gasteiger partial charge in [0, 0.05) is 48.0 Å². The molecule has 9 unspecified atom stereocenters. The molecule has 10 nitrogen and oxygen atoms in total. The van der Waals surface area contributed by atoms with Gasteiger partial charge < -0.3 is 46.4 Å². The number of carboxylic acids is 1. The number of phenolic OH excluding ortho intramolecular Hbond substituents is 1. The highest BCUT2D eigenvalue weighted by atomic mass is 16.4. The lowest BCUT2D eigenvalue weighted by molar-refractivity contribution is -0.138. The van der Waals surface area contributed by atoms with E-state index in [4.69, 9.17) is 0 Å². The van der Waals surface area contributed by atoms with Crippen molar-refractivity contribution < 1.29 is 40.5 Å². The van der Waals surface area contributed by atoms with Crippen molar-refractivity contribution in [3.63, 3.8) is 0 Å². The lowest BCUT2D eigenvalue weighted by atomic mass is 9.57. The Bertz CT molecular complexity index is 1820. The number of aromatic hydroxyl groups is 1. The fraction of sp³-hybridized carbons (Fsp3) is 0.635. The Hall–Kier alpha value is -3.53. The minimum Gasteiger partial charge on any atom is -0.508 e. The number of hydrogen-bond donors (Lipinski definition) is 9. The number of fused-ring (bicyclic) bond motifs is 1. The number of aliphatic hydroxyl groups is 5. The molecule has 1 saturated heterocycles. The normalized spacial score (nSPS) is 26.1. The zero-order chi connectivity index (χ0) is 44.7. The molecule has 1 saturated carbocycles. The average molecular weight is 857 g/mol. The number of phenols is 1. The predicted octanol–water partition coefficient (Wildman–Crippen LogP) is 7.36. The molecule has 0 bridgehead atoms. The molecule has 342 valence electrons. The molecule has 2 fully saturated rings. The van der Waals surface area contributed by atoms with Crippen molar-refractivity contribution in [2.75, 3.05) is 6.61 Å². The number of rotatable bonds is 18. The van der Waals surface area contributed by atoms with Gasteiger partial charge in [0.1, 0.15) is 5.75 Å². The summed E-state index contributed by atoms with van der Waals surface area (Å²) in [7, 11) is 0. The summed E-state index contributed by atoms with van der Waals surface area (Å²) in [5.74, 6) is 6.31. The van der Waals surface area contributed by atoms with Crippen molar-refractivity contribution in [1.29, 1.82) is 0 Å². The molecule has 62 heavy (non-hydrogen) atoms. The molecule has 0 spiro atoms. The third-order valence-electron chi connectivity index (χ3n) is 14.4. The van der Waals surface area contributed by atoms with Gasteiger partial charge in [-0.3, -0.25) is 4.79 Å². The van der Waals surface area contributed by atoms with E-state index in [1.54, 1.807) is 18.2 Å². The van der Waals surface area contributed by atoms with Crippen LogP contribution in [-0.4, -0.2) is 96.4 Å². The number of benzene rings is 2. The van der Waals surface area contributed by atoms with Gasteiger partial charge in [-0.1, -0.05) is 106 Å². The van der Waals surface area contributed by atoms with Crippen LogP contribution in [0, 0.1) is 17.8 Å². The quantitative estimate of drug-likeness (QED) is 0.0688. The van der Waals surface area contributed by atoms with Gasteiger partial charge in [-0.05, 0) is 124 Å². The summed E-state index contributed by atoms with van der Waals surface area (Å²) >= 11 is 0. The van der Waals surface area contributed by atoms with Crippen molar-refractivity contribution in [1.82, 2.24) is 10.6 Å². The van der Waals surface area contributed by atoms with Crippen LogP contribution in [0.3, 0.4) is 0 Å². The number of allylic oxidation sites excluding steroid dienone is 2. The summed E-state index contributed by atoms with van der Waals surface area (Å²) in [5, 5.41) is 85.1. The van der Waals surface area contributed by atoms with Crippen molar-refractivity contribution >= 4 is 5.97 Å². The van der Waals surface area contributed by atoms with Gasteiger partial charge in [0.05, 0.1) is 30.5 Å². The summed E-state index contributed by atoms with van der Waals surface area (Å²) in [6.07, 6.45) is 13.5. The van der Waals surface area contributed by atoms with Gasteiger partial charge in [0.2, 0.25) is 0 Å². The van der Waals surface area contributed by atoms with E-state index in [0.717, 1.165) is 98.5 Å². The number of carboxylic acid groups (broad SMARTS) is 1. The molecule has 10 heteroatoms. The number of carbonyl (C=O) groups is 1. The Labute approximate surface area is 371 Å². The van der Waals surface area contributed by atoms with Gasteiger partial charge in [-0.25, -0.2) is 0 Å². The number of unbranched alkanes of at least 4 members (excludes halogenated alkanes) is 1. The molecule has 3 aliphatic rings. The fourth-order valence-electron chi connectivity index (χ4n) is 10.7. The van der Waals surface area contributed by atoms with E-state index in [1.165, 1.54) is 0 Å². The first-order chi connectivity index (χ1) is 29.8. The van der Waals surface area contributed by atoms with Crippen LogP contribution in [0.25, 0.3) is 0 Å². The molecule has 9 atom stereocenters. The van der Waals surface area contributed by atoms with E-state index >= 15 is 0 Å². The smallest absolute Gasteiger partial charge is 0.303 e. The number of hydrogen-bond acceptors (Lipinski definition) is 9. The highest BCUT2D eigenvalue weighted by molar-refractivity contribution is 5.67. The number of aliphatic carboxylic acids is 1. The fourth-order valence-corrected chi connectivity index (χ4v) is 10.7. The molecule has 2 heterocycles. The minimum atomic E-state index is -1.36. The Morgan fingerprint density at radius 2 is 1.71 bits per heavy atom. The zero-order valence-electron chi connectivity index (χ0n) is 37.6. The predicted molar refractivity (Wildman–Crippen MR) is 246 cm³/mol. The summed E-state index contributed by atoms with van der Waals surface area (Å²) in [6.45, 7) is 5.68. The van der Waals surface area contributed by atoms with Crippen molar-refractivity contribution in [2.24, 2.45) is 5.92 Å². The largest absolute Gasteiger partial charge is 0.508 e. The third-order valence-corrected chi connectivity index (χ3v) is 14.4. The second-order valence-electron chi connectivity index (χ2n) is 18.8. The summed E-state index contributed by atoms with van der Waals surface area (Å²) in [6, 6.07) is 14.6. The maximum absolute atomic E-state index is 13.4. The van der Waals surface area contributed by atoms with Crippen LogP contribution in [0.1, 0.15) is 153 Å². The lowest BCUT2D eigenvalue weighted by Gasteiger charge is -2.52. The first-order valence-electron chi connectivity index (χ1n) is 23.7. The summed E-state index contributed by atoms with van der Waals surface area (Å²) < 4.78 is 0. The molecule has 5 rings (SSSR count). The minimum absolute atomic E-state index is 0.00528. The highest BCUT2D eigenvalue weighted by Crippen LogP contribution is 2.50. The van der Waals surface area contributed by atoms with E-state index in [1.807, 2.05) is 50.3 Å². The van der Waals surface area contributed by atoms with Crippen LogP contribution in [0.4, 0.5) is 0 Å². The molecule has 0 radical (unpaired) electrons. The van der Waals surface area contributed by atoms with Gasteiger partial charge in [-0.2, -0.15) is 0 Å². The van der Waals surface area contributed by atoms with Crippen LogP contribution in [-0.2, 0) is 16.6 Å².